The summed E-state index contributed by atoms with van der Waals surface area (Å²) in [6.07, 6.45) is 1.79. The lowest BCUT2D eigenvalue weighted by molar-refractivity contribution is 0.314. The number of likely N-dealkylation sites (tertiary alicyclic amines) is 1. The normalized spacial score (nSPS) is 20.1. The van der Waals surface area contributed by atoms with Crippen molar-refractivity contribution in [2.45, 2.75) is 25.3 Å². The molecule has 1 aliphatic rings. The molecular weight excluding hydrogens is 341 g/mol. The summed E-state index contributed by atoms with van der Waals surface area (Å²) in [4.78, 5) is 2.44. The van der Waals surface area contributed by atoms with Gasteiger partial charge in [-0.1, -0.05) is 29.8 Å². The van der Waals surface area contributed by atoms with Gasteiger partial charge in [0.15, 0.2) is 0 Å². The van der Waals surface area contributed by atoms with Crippen molar-refractivity contribution in [2.24, 2.45) is 0 Å². The van der Waals surface area contributed by atoms with Gasteiger partial charge in [0, 0.05) is 48.9 Å². The molecule has 1 N–H and O–H groups in total. The van der Waals surface area contributed by atoms with Gasteiger partial charge in [0.05, 0.1) is 7.11 Å². The van der Waals surface area contributed by atoms with Gasteiger partial charge < -0.3 is 4.74 Å². The number of methoxy groups -OCH3 is 1. The Labute approximate surface area is 159 Å². The van der Waals surface area contributed by atoms with Crippen molar-refractivity contribution in [2.75, 3.05) is 20.2 Å². The molecule has 2 heterocycles. The Morgan fingerprint density at radius 1 is 1.11 bits per heavy atom. The molecule has 140 valence electrons. The molecule has 2 aromatic carbocycles. The van der Waals surface area contributed by atoms with Crippen LogP contribution < -0.4 is 4.74 Å². The summed E-state index contributed by atoms with van der Waals surface area (Å²) < 4.78 is 18.9. The molecular formula is C22H24FN3O. The average molecular weight is 365 g/mol. The molecule has 1 fully saturated rings. The van der Waals surface area contributed by atoms with Gasteiger partial charge in [-0.25, -0.2) is 4.39 Å². The molecule has 3 aromatic rings. The number of halogens is 1. The Hall–Kier alpha value is -2.66. The maximum absolute atomic E-state index is 13.4. The first-order chi connectivity index (χ1) is 13.1. The van der Waals surface area contributed by atoms with E-state index < -0.39 is 0 Å². The number of nitrogens with one attached hydrogen (secondary N) is 1. The van der Waals surface area contributed by atoms with Crippen LogP contribution in [-0.4, -0.2) is 35.3 Å². The predicted molar refractivity (Wildman–Crippen MR) is 103 cm³/mol. The number of hydrogen-bond donors (Lipinski definition) is 1. The third-order valence-corrected chi connectivity index (χ3v) is 5.45. The van der Waals surface area contributed by atoms with Gasteiger partial charge in [0.1, 0.15) is 11.6 Å². The molecule has 5 heteroatoms. The van der Waals surface area contributed by atoms with Crippen LogP contribution >= 0.6 is 0 Å². The van der Waals surface area contributed by atoms with Crippen LogP contribution in [0.4, 0.5) is 4.39 Å². The molecule has 0 unspecified atom stereocenters. The second-order valence-corrected chi connectivity index (χ2v) is 7.29. The number of aryl methyl sites for hydroxylation is 1. The molecule has 4 rings (SSSR count). The van der Waals surface area contributed by atoms with E-state index in [2.05, 4.69) is 34.2 Å². The van der Waals surface area contributed by atoms with E-state index >= 15 is 0 Å². The first-order valence-corrected chi connectivity index (χ1v) is 9.24. The highest BCUT2D eigenvalue weighted by atomic mass is 19.1. The Kier molecular flexibility index (Phi) is 4.94. The number of nitrogens with zero attached hydrogens (tertiary/aromatic N) is 2. The molecule has 0 spiro atoms. The van der Waals surface area contributed by atoms with Crippen molar-refractivity contribution in [1.82, 2.24) is 15.1 Å². The van der Waals surface area contributed by atoms with E-state index in [1.54, 1.807) is 25.4 Å². The quantitative estimate of drug-likeness (QED) is 0.735. The molecule has 0 bridgehead atoms. The molecule has 4 nitrogen and oxygen atoms in total. The van der Waals surface area contributed by atoms with Crippen LogP contribution in [0.2, 0.25) is 0 Å². The van der Waals surface area contributed by atoms with Crippen molar-refractivity contribution in [3.05, 3.63) is 82.9 Å². The minimum absolute atomic E-state index is 0.198. The van der Waals surface area contributed by atoms with Gasteiger partial charge in [0.25, 0.3) is 0 Å². The van der Waals surface area contributed by atoms with Crippen LogP contribution in [0.25, 0.3) is 0 Å². The molecule has 0 radical (unpaired) electrons. The fraction of sp³-hybridized carbons (Fsp3) is 0.318. The van der Waals surface area contributed by atoms with Gasteiger partial charge in [-0.05, 0) is 36.8 Å². The monoisotopic (exact) mass is 365 g/mol. The van der Waals surface area contributed by atoms with E-state index in [1.165, 1.54) is 11.1 Å². The van der Waals surface area contributed by atoms with E-state index in [0.29, 0.717) is 11.8 Å². The van der Waals surface area contributed by atoms with Gasteiger partial charge >= 0.3 is 0 Å². The molecule has 1 saturated heterocycles. The minimum Gasteiger partial charge on any atom is -0.496 e. The second kappa shape index (κ2) is 7.53. The fourth-order valence-electron chi connectivity index (χ4n) is 4.12. The van der Waals surface area contributed by atoms with Crippen LogP contribution in [0, 0.1) is 12.7 Å². The first-order valence-electron chi connectivity index (χ1n) is 9.24. The maximum atomic E-state index is 13.4. The molecule has 0 aliphatic carbocycles. The van der Waals surface area contributed by atoms with E-state index in [4.69, 9.17) is 4.74 Å². The molecule has 2 atom stereocenters. The SMILES string of the molecule is COc1ccc(C)cc1CN1C[C@@H](c2ccc(F)cc2)[C@H](c2ccn[nH]2)C1. The number of H-pyrrole nitrogens is 1. The van der Waals surface area contributed by atoms with E-state index in [0.717, 1.165) is 36.6 Å². The zero-order valence-electron chi connectivity index (χ0n) is 15.7. The lowest BCUT2D eigenvalue weighted by Gasteiger charge is -2.18. The molecule has 0 saturated carbocycles. The zero-order valence-corrected chi connectivity index (χ0v) is 15.7. The molecule has 0 amide bonds. The number of ether oxygens (including phenoxy) is 1. The summed E-state index contributed by atoms with van der Waals surface area (Å²) in [5.41, 5.74) is 4.71. The Balaban J connectivity index is 1.61. The van der Waals surface area contributed by atoms with Crippen LogP contribution in [-0.2, 0) is 6.54 Å². The second-order valence-electron chi connectivity index (χ2n) is 7.29. The Morgan fingerprint density at radius 2 is 1.89 bits per heavy atom. The number of aromatic amines is 1. The van der Waals surface area contributed by atoms with E-state index in [-0.39, 0.29) is 5.82 Å². The highest BCUT2D eigenvalue weighted by Crippen LogP contribution is 2.40. The van der Waals surface area contributed by atoms with Crippen LogP contribution in [0.5, 0.6) is 5.75 Å². The Morgan fingerprint density at radius 3 is 2.59 bits per heavy atom. The topological polar surface area (TPSA) is 41.1 Å². The summed E-state index contributed by atoms with van der Waals surface area (Å²) in [5, 5.41) is 7.26. The smallest absolute Gasteiger partial charge is 0.123 e. The van der Waals surface area contributed by atoms with E-state index in [1.807, 2.05) is 24.3 Å². The summed E-state index contributed by atoms with van der Waals surface area (Å²) in [6.45, 7) is 4.75. The average Bonchev–Trinajstić information content (AvgIpc) is 3.32. The summed E-state index contributed by atoms with van der Waals surface area (Å²) in [7, 11) is 1.72. The van der Waals surface area contributed by atoms with Crippen molar-refractivity contribution in [1.29, 1.82) is 0 Å². The summed E-state index contributed by atoms with van der Waals surface area (Å²) in [5.74, 6) is 1.32. The van der Waals surface area contributed by atoms with Crippen molar-refractivity contribution in [3.8, 4) is 5.75 Å². The molecule has 1 aliphatic heterocycles. The lowest BCUT2D eigenvalue weighted by atomic mass is 9.87. The van der Waals surface area contributed by atoms with Crippen LogP contribution in [0.3, 0.4) is 0 Å². The number of rotatable bonds is 5. The third-order valence-electron chi connectivity index (χ3n) is 5.45. The standard InChI is InChI=1S/C22H24FN3O/c1-15-3-8-22(27-2)17(11-15)12-26-13-19(16-4-6-18(23)7-5-16)20(14-26)21-9-10-24-25-21/h3-11,19-20H,12-14H2,1-2H3,(H,24,25)/t19-,20+/m0/s1. The molecule has 27 heavy (non-hydrogen) atoms. The largest absolute Gasteiger partial charge is 0.496 e. The number of benzene rings is 2. The summed E-state index contributed by atoms with van der Waals surface area (Å²) in [6, 6.07) is 15.2. The lowest BCUT2D eigenvalue weighted by Crippen LogP contribution is -2.20. The minimum atomic E-state index is -0.198. The first kappa shape index (κ1) is 17.7. The third kappa shape index (κ3) is 3.74. The summed E-state index contributed by atoms with van der Waals surface area (Å²) >= 11 is 0. The number of aromatic nitrogens is 2. The van der Waals surface area contributed by atoms with Gasteiger partial charge in [0.2, 0.25) is 0 Å². The van der Waals surface area contributed by atoms with Crippen LogP contribution in [0.15, 0.2) is 54.7 Å². The number of hydrogen-bond acceptors (Lipinski definition) is 3. The highest BCUT2D eigenvalue weighted by molar-refractivity contribution is 5.37. The zero-order chi connectivity index (χ0) is 18.8. The van der Waals surface area contributed by atoms with Crippen molar-refractivity contribution in [3.63, 3.8) is 0 Å². The van der Waals surface area contributed by atoms with Gasteiger partial charge in [-0.3, -0.25) is 10.00 Å². The van der Waals surface area contributed by atoms with Crippen molar-refractivity contribution >= 4 is 0 Å². The predicted octanol–water partition coefficient (Wildman–Crippen LogP) is 4.25. The fourth-order valence-corrected chi connectivity index (χ4v) is 4.12. The van der Waals surface area contributed by atoms with Crippen molar-refractivity contribution < 1.29 is 9.13 Å². The highest BCUT2D eigenvalue weighted by Gasteiger charge is 2.35. The van der Waals surface area contributed by atoms with Gasteiger partial charge in [-0.15, -0.1) is 0 Å². The Bertz CT molecular complexity index is 892. The van der Waals surface area contributed by atoms with Crippen LogP contribution in [0.1, 0.15) is 34.2 Å². The molecule has 1 aromatic heterocycles. The van der Waals surface area contributed by atoms with Gasteiger partial charge in [-0.2, -0.15) is 5.10 Å². The van der Waals surface area contributed by atoms with E-state index in [9.17, 15) is 4.39 Å². The maximum Gasteiger partial charge on any atom is 0.123 e.